The largest absolute Gasteiger partial charge is 0.489 e. The minimum atomic E-state index is 0.255. The van der Waals surface area contributed by atoms with Gasteiger partial charge in [0.25, 0.3) is 0 Å². The molecule has 0 saturated carbocycles. The number of ether oxygens (including phenoxy) is 1. The van der Waals surface area contributed by atoms with Crippen LogP contribution in [-0.2, 0) is 0 Å². The molecule has 1 aliphatic heterocycles. The maximum atomic E-state index is 6.12. The Morgan fingerprint density at radius 3 is 2.64 bits per heavy atom. The van der Waals surface area contributed by atoms with Crippen LogP contribution in [0.5, 0.6) is 5.75 Å². The molecular formula is C16H17ClIN3O. The fourth-order valence-electron chi connectivity index (χ4n) is 2.60. The van der Waals surface area contributed by atoms with Crippen LogP contribution < -0.4 is 9.64 Å². The molecule has 0 atom stereocenters. The number of aromatic nitrogens is 2. The number of anilines is 1. The molecule has 3 rings (SSSR count). The molecule has 0 N–H and O–H groups in total. The third kappa shape index (κ3) is 3.81. The molecular weight excluding hydrogens is 413 g/mol. The van der Waals surface area contributed by atoms with Crippen molar-refractivity contribution in [1.29, 1.82) is 0 Å². The number of piperidine rings is 1. The zero-order valence-corrected chi connectivity index (χ0v) is 15.2. The Kier molecular flexibility index (Phi) is 5.03. The van der Waals surface area contributed by atoms with E-state index in [9.17, 15) is 0 Å². The highest BCUT2D eigenvalue weighted by Crippen LogP contribution is 2.26. The third-order valence-electron chi connectivity index (χ3n) is 3.69. The predicted octanol–water partition coefficient (Wildman–Crippen LogP) is 4.09. The Bertz CT molecular complexity index is 639. The Labute approximate surface area is 149 Å². The second-order valence-electron chi connectivity index (χ2n) is 5.33. The highest BCUT2D eigenvalue weighted by molar-refractivity contribution is 14.1. The molecule has 1 aliphatic rings. The minimum absolute atomic E-state index is 0.255. The van der Waals surface area contributed by atoms with Crippen LogP contribution in [0.15, 0.2) is 30.3 Å². The second-order valence-corrected chi connectivity index (χ2v) is 6.88. The van der Waals surface area contributed by atoms with Crippen LogP contribution in [0.1, 0.15) is 18.7 Å². The number of hydrogen-bond acceptors (Lipinski definition) is 4. The summed E-state index contributed by atoms with van der Waals surface area (Å²) >= 11 is 8.33. The van der Waals surface area contributed by atoms with Gasteiger partial charge in [0.15, 0.2) is 0 Å². The van der Waals surface area contributed by atoms with E-state index < -0.39 is 0 Å². The van der Waals surface area contributed by atoms with Crippen molar-refractivity contribution in [3.05, 3.63) is 44.9 Å². The van der Waals surface area contributed by atoms with E-state index in [1.807, 2.05) is 31.2 Å². The van der Waals surface area contributed by atoms with Crippen LogP contribution >= 0.6 is 34.2 Å². The maximum absolute atomic E-state index is 6.12. The summed E-state index contributed by atoms with van der Waals surface area (Å²) in [6.45, 7) is 3.70. The molecule has 1 aromatic carbocycles. The normalized spacial score (nSPS) is 15.9. The summed E-state index contributed by atoms with van der Waals surface area (Å²) in [6.07, 6.45) is 2.21. The van der Waals surface area contributed by atoms with E-state index in [1.165, 1.54) is 0 Å². The zero-order valence-electron chi connectivity index (χ0n) is 12.3. The van der Waals surface area contributed by atoms with E-state index in [2.05, 4.69) is 43.5 Å². The zero-order chi connectivity index (χ0) is 15.5. The van der Waals surface area contributed by atoms with Crippen molar-refractivity contribution < 1.29 is 4.74 Å². The van der Waals surface area contributed by atoms with Crippen LogP contribution in [0.3, 0.4) is 0 Å². The molecule has 0 aliphatic carbocycles. The highest BCUT2D eigenvalue weighted by atomic mass is 127. The Morgan fingerprint density at radius 2 is 1.95 bits per heavy atom. The lowest BCUT2D eigenvalue weighted by atomic mass is 10.1. The molecule has 2 heterocycles. The first-order valence-electron chi connectivity index (χ1n) is 7.29. The van der Waals surface area contributed by atoms with Gasteiger partial charge < -0.3 is 9.64 Å². The monoisotopic (exact) mass is 429 g/mol. The lowest BCUT2D eigenvalue weighted by molar-refractivity contribution is 0.169. The second kappa shape index (κ2) is 7.00. The minimum Gasteiger partial charge on any atom is -0.489 e. The third-order valence-corrected chi connectivity index (χ3v) is 4.77. The Morgan fingerprint density at radius 1 is 1.23 bits per heavy atom. The average Bonchev–Trinajstić information content (AvgIpc) is 2.49. The summed E-state index contributed by atoms with van der Waals surface area (Å²) in [5.74, 6) is 2.59. The van der Waals surface area contributed by atoms with Crippen LogP contribution in [0.25, 0.3) is 0 Å². The summed E-state index contributed by atoms with van der Waals surface area (Å²) in [7, 11) is 0. The van der Waals surface area contributed by atoms with Gasteiger partial charge in [-0.15, -0.1) is 0 Å². The predicted molar refractivity (Wildman–Crippen MR) is 96.8 cm³/mol. The number of nitrogens with zero attached hydrogens (tertiary/aromatic N) is 3. The van der Waals surface area contributed by atoms with Gasteiger partial charge in [-0.25, -0.2) is 9.97 Å². The van der Waals surface area contributed by atoms with Gasteiger partial charge in [-0.05, 0) is 41.6 Å². The van der Waals surface area contributed by atoms with Gasteiger partial charge in [0.1, 0.15) is 28.6 Å². The van der Waals surface area contributed by atoms with E-state index in [0.29, 0.717) is 11.0 Å². The number of halogens is 2. The summed E-state index contributed by atoms with van der Waals surface area (Å²) in [5, 5.41) is 0.500. The SMILES string of the molecule is Cc1nc(Cl)cc(N2CCC(Oc3ccccc3I)CC2)n1. The van der Waals surface area contributed by atoms with Crippen molar-refractivity contribution in [2.75, 3.05) is 18.0 Å². The fourth-order valence-corrected chi connectivity index (χ4v) is 3.34. The number of para-hydroxylation sites is 1. The van der Waals surface area contributed by atoms with Crippen LogP contribution in [-0.4, -0.2) is 29.2 Å². The number of aryl methyl sites for hydroxylation is 1. The molecule has 0 radical (unpaired) electrons. The van der Waals surface area contributed by atoms with Crippen molar-refractivity contribution in [1.82, 2.24) is 9.97 Å². The Hall–Kier alpha value is -1.08. The van der Waals surface area contributed by atoms with Crippen molar-refractivity contribution in [3.63, 3.8) is 0 Å². The molecule has 0 amide bonds. The van der Waals surface area contributed by atoms with Gasteiger partial charge in [0.2, 0.25) is 0 Å². The van der Waals surface area contributed by atoms with Gasteiger partial charge in [-0.2, -0.15) is 0 Å². The van der Waals surface area contributed by atoms with E-state index in [4.69, 9.17) is 16.3 Å². The first kappa shape index (κ1) is 15.8. The van der Waals surface area contributed by atoms with Crippen molar-refractivity contribution in [2.24, 2.45) is 0 Å². The van der Waals surface area contributed by atoms with Crippen molar-refractivity contribution >= 4 is 40.0 Å². The van der Waals surface area contributed by atoms with Gasteiger partial charge in [0.05, 0.1) is 3.57 Å². The summed E-state index contributed by atoms with van der Waals surface area (Å²) in [5.41, 5.74) is 0. The highest BCUT2D eigenvalue weighted by Gasteiger charge is 2.22. The summed E-state index contributed by atoms with van der Waals surface area (Å²) in [6, 6.07) is 9.96. The number of benzene rings is 1. The van der Waals surface area contributed by atoms with Crippen molar-refractivity contribution in [3.8, 4) is 5.75 Å². The molecule has 1 fully saturated rings. The van der Waals surface area contributed by atoms with E-state index in [0.717, 1.165) is 41.1 Å². The van der Waals surface area contributed by atoms with E-state index >= 15 is 0 Å². The molecule has 1 saturated heterocycles. The number of hydrogen-bond donors (Lipinski definition) is 0. The fraction of sp³-hybridized carbons (Fsp3) is 0.375. The summed E-state index contributed by atoms with van der Waals surface area (Å²) < 4.78 is 7.28. The molecule has 0 bridgehead atoms. The van der Waals surface area contributed by atoms with Crippen LogP contribution in [0.4, 0.5) is 5.82 Å². The van der Waals surface area contributed by atoms with Crippen molar-refractivity contribution in [2.45, 2.75) is 25.9 Å². The standard InChI is InChI=1S/C16H17ClIN3O/c1-11-19-15(17)10-16(20-11)21-8-6-12(7-9-21)22-14-5-3-2-4-13(14)18/h2-5,10,12H,6-9H2,1H3. The Balaban J connectivity index is 1.62. The quantitative estimate of drug-likeness (QED) is 0.544. The van der Waals surface area contributed by atoms with Gasteiger partial charge in [-0.3, -0.25) is 0 Å². The molecule has 0 spiro atoms. The topological polar surface area (TPSA) is 38.2 Å². The van der Waals surface area contributed by atoms with Gasteiger partial charge >= 0.3 is 0 Å². The lowest BCUT2D eigenvalue weighted by Gasteiger charge is -2.33. The molecule has 6 heteroatoms. The molecule has 22 heavy (non-hydrogen) atoms. The summed E-state index contributed by atoms with van der Waals surface area (Å²) in [4.78, 5) is 10.8. The first-order valence-corrected chi connectivity index (χ1v) is 8.75. The van der Waals surface area contributed by atoms with E-state index in [-0.39, 0.29) is 6.10 Å². The molecule has 2 aromatic rings. The van der Waals surface area contributed by atoms with Gasteiger partial charge in [0, 0.05) is 32.0 Å². The smallest absolute Gasteiger partial charge is 0.134 e. The molecule has 0 unspecified atom stereocenters. The van der Waals surface area contributed by atoms with E-state index in [1.54, 1.807) is 0 Å². The van der Waals surface area contributed by atoms with Crippen LogP contribution in [0.2, 0.25) is 5.15 Å². The van der Waals surface area contributed by atoms with Gasteiger partial charge in [-0.1, -0.05) is 23.7 Å². The van der Waals surface area contributed by atoms with Crippen LogP contribution in [0, 0.1) is 10.5 Å². The molecule has 4 nitrogen and oxygen atoms in total. The molecule has 116 valence electrons. The average molecular weight is 430 g/mol. The number of rotatable bonds is 3. The first-order chi connectivity index (χ1) is 10.6. The molecule has 1 aromatic heterocycles. The lowest BCUT2D eigenvalue weighted by Crippen LogP contribution is -2.38. The maximum Gasteiger partial charge on any atom is 0.134 e.